The van der Waals surface area contributed by atoms with Gasteiger partial charge in [0.2, 0.25) is 0 Å². The second kappa shape index (κ2) is 5.19. The van der Waals surface area contributed by atoms with E-state index in [2.05, 4.69) is 27.1 Å². The summed E-state index contributed by atoms with van der Waals surface area (Å²) in [5.41, 5.74) is 8.75. The summed E-state index contributed by atoms with van der Waals surface area (Å²) in [5, 5.41) is 5.90. The van der Waals surface area contributed by atoms with Crippen LogP contribution in [-0.2, 0) is 0 Å². The Morgan fingerprint density at radius 3 is 3.00 bits per heavy atom. The highest BCUT2D eigenvalue weighted by molar-refractivity contribution is 7.17. The molecule has 0 saturated carbocycles. The Balaban J connectivity index is 2.04. The van der Waals surface area contributed by atoms with Crippen molar-refractivity contribution in [2.45, 2.75) is 0 Å². The van der Waals surface area contributed by atoms with Crippen LogP contribution in [-0.4, -0.2) is 17.0 Å². The summed E-state index contributed by atoms with van der Waals surface area (Å²) in [5.74, 6) is 6.77. The van der Waals surface area contributed by atoms with Gasteiger partial charge in [-0.2, -0.15) is 0 Å². The number of thiophene rings is 1. The first-order chi connectivity index (χ1) is 9.78. The van der Waals surface area contributed by atoms with Crippen molar-refractivity contribution in [2.75, 3.05) is 18.1 Å². The highest BCUT2D eigenvalue weighted by Gasteiger charge is 2.06. The molecule has 3 aromatic rings. The van der Waals surface area contributed by atoms with Crippen LogP contribution < -0.4 is 11.1 Å². The summed E-state index contributed by atoms with van der Waals surface area (Å²) < 4.78 is 0. The molecule has 20 heavy (non-hydrogen) atoms. The zero-order valence-electron chi connectivity index (χ0n) is 10.8. The molecule has 2 heterocycles. The third-order valence-corrected chi connectivity index (χ3v) is 3.78. The Labute approximate surface area is 120 Å². The molecule has 0 radical (unpaired) electrons. The van der Waals surface area contributed by atoms with E-state index in [-0.39, 0.29) is 0 Å². The second-order valence-corrected chi connectivity index (χ2v) is 5.03. The van der Waals surface area contributed by atoms with E-state index in [0.29, 0.717) is 5.82 Å². The average Bonchev–Trinajstić information content (AvgIpc) is 2.90. The minimum atomic E-state index is 0.476. The molecule has 0 fully saturated rings. The lowest BCUT2D eigenvalue weighted by molar-refractivity contribution is 1.24. The van der Waals surface area contributed by atoms with Crippen LogP contribution in [0.4, 0.5) is 11.5 Å². The molecular weight excluding hydrogens is 268 g/mol. The van der Waals surface area contributed by atoms with Crippen LogP contribution in [0.3, 0.4) is 0 Å². The first-order valence-corrected chi connectivity index (χ1v) is 6.93. The monoisotopic (exact) mass is 280 g/mol. The zero-order chi connectivity index (χ0) is 13.9. The fourth-order valence-corrected chi connectivity index (χ4v) is 2.73. The van der Waals surface area contributed by atoms with Crippen molar-refractivity contribution in [3.8, 4) is 11.8 Å². The maximum Gasteiger partial charge on any atom is 0.136 e. The number of nitrogens with one attached hydrogen (secondary N) is 1. The van der Waals surface area contributed by atoms with E-state index >= 15 is 0 Å². The third-order valence-electron chi connectivity index (χ3n) is 2.89. The minimum absolute atomic E-state index is 0.476. The molecule has 0 atom stereocenters. The Morgan fingerprint density at radius 2 is 2.15 bits per heavy atom. The van der Waals surface area contributed by atoms with Crippen LogP contribution in [0.5, 0.6) is 0 Å². The third kappa shape index (κ3) is 2.29. The van der Waals surface area contributed by atoms with Gasteiger partial charge in [-0.3, -0.25) is 0 Å². The van der Waals surface area contributed by atoms with Crippen molar-refractivity contribution in [3.63, 3.8) is 0 Å². The number of nitrogens with zero attached hydrogens (tertiary/aromatic N) is 2. The molecule has 98 valence electrons. The van der Waals surface area contributed by atoms with Crippen molar-refractivity contribution in [1.82, 2.24) is 9.97 Å². The Morgan fingerprint density at radius 1 is 1.25 bits per heavy atom. The van der Waals surface area contributed by atoms with E-state index in [1.165, 1.54) is 17.7 Å². The predicted molar refractivity (Wildman–Crippen MR) is 83.8 cm³/mol. The Kier molecular flexibility index (Phi) is 3.23. The van der Waals surface area contributed by atoms with E-state index in [4.69, 9.17) is 5.73 Å². The summed E-state index contributed by atoms with van der Waals surface area (Å²) in [6.45, 7) is 0. The predicted octanol–water partition coefficient (Wildman–Crippen LogP) is 2.71. The molecule has 0 unspecified atom stereocenters. The number of benzene rings is 1. The molecule has 0 aliphatic rings. The van der Waals surface area contributed by atoms with Crippen LogP contribution in [0.1, 0.15) is 11.1 Å². The van der Waals surface area contributed by atoms with Gasteiger partial charge < -0.3 is 11.1 Å². The lowest BCUT2D eigenvalue weighted by atomic mass is 10.1. The maximum absolute atomic E-state index is 5.89. The van der Waals surface area contributed by atoms with Gasteiger partial charge in [0.25, 0.3) is 0 Å². The number of aromatic nitrogens is 2. The van der Waals surface area contributed by atoms with E-state index < -0.39 is 0 Å². The topological polar surface area (TPSA) is 63.8 Å². The molecule has 4 nitrogen and oxygen atoms in total. The fraction of sp³-hybridized carbons (Fsp3) is 0.0667. The number of fused-ring (bicyclic) bond motifs is 1. The number of hydrogen-bond acceptors (Lipinski definition) is 5. The molecule has 0 saturated heterocycles. The smallest absolute Gasteiger partial charge is 0.136 e. The normalized spacial score (nSPS) is 10.1. The first kappa shape index (κ1) is 12.5. The second-order valence-electron chi connectivity index (χ2n) is 4.17. The van der Waals surface area contributed by atoms with Gasteiger partial charge in [-0.25, -0.2) is 9.97 Å². The molecular formula is C15H12N4S. The number of nitrogens with two attached hydrogens (primary N) is 1. The van der Waals surface area contributed by atoms with Crippen LogP contribution in [0.15, 0.2) is 36.0 Å². The van der Waals surface area contributed by atoms with Gasteiger partial charge >= 0.3 is 0 Å². The molecule has 3 N–H and O–H groups in total. The molecule has 0 spiro atoms. The van der Waals surface area contributed by atoms with Crippen molar-refractivity contribution in [1.29, 1.82) is 0 Å². The lowest BCUT2D eigenvalue weighted by Gasteiger charge is -1.98. The molecule has 0 aliphatic heterocycles. The van der Waals surface area contributed by atoms with E-state index in [1.54, 1.807) is 0 Å². The SMILES string of the molecule is CNc1cccc(C#Cc2csc3ncnc(N)c23)c1. The standard InChI is InChI=1S/C15H12N4S/c1-17-12-4-2-3-10(7-12)5-6-11-8-20-15-13(11)14(16)18-9-19-15/h2-4,7-9,17H,1H3,(H2,16,18,19). The van der Waals surface area contributed by atoms with Crippen LogP contribution in [0.25, 0.3) is 10.2 Å². The van der Waals surface area contributed by atoms with Crippen molar-refractivity contribution < 1.29 is 0 Å². The average molecular weight is 280 g/mol. The summed E-state index contributed by atoms with van der Waals surface area (Å²) >= 11 is 1.52. The molecule has 0 amide bonds. The molecule has 1 aromatic carbocycles. The van der Waals surface area contributed by atoms with Gasteiger partial charge in [0.15, 0.2) is 0 Å². The minimum Gasteiger partial charge on any atom is -0.388 e. The quantitative estimate of drug-likeness (QED) is 0.673. The number of anilines is 2. The van der Waals surface area contributed by atoms with Gasteiger partial charge in [0, 0.05) is 29.2 Å². The highest BCUT2D eigenvalue weighted by Crippen LogP contribution is 2.26. The van der Waals surface area contributed by atoms with Crippen LogP contribution in [0.2, 0.25) is 0 Å². The number of hydrogen-bond donors (Lipinski definition) is 2. The molecule has 0 bridgehead atoms. The van der Waals surface area contributed by atoms with Gasteiger partial charge in [0.05, 0.1) is 5.39 Å². The summed E-state index contributed by atoms with van der Waals surface area (Å²) in [6.07, 6.45) is 1.47. The van der Waals surface area contributed by atoms with Crippen molar-refractivity contribution >= 4 is 33.1 Å². The maximum atomic E-state index is 5.89. The van der Waals surface area contributed by atoms with Crippen molar-refractivity contribution in [3.05, 3.63) is 47.1 Å². The largest absolute Gasteiger partial charge is 0.388 e. The van der Waals surface area contributed by atoms with E-state index in [1.807, 2.05) is 36.7 Å². The van der Waals surface area contributed by atoms with Gasteiger partial charge in [-0.15, -0.1) is 11.3 Å². The Hall–Kier alpha value is -2.58. The summed E-state index contributed by atoms with van der Waals surface area (Å²) in [7, 11) is 1.89. The molecule has 2 aromatic heterocycles. The highest BCUT2D eigenvalue weighted by atomic mass is 32.1. The van der Waals surface area contributed by atoms with Crippen molar-refractivity contribution in [2.24, 2.45) is 0 Å². The van der Waals surface area contributed by atoms with Gasteiger partial charge in [0.1, 0.15) is 17.0 Å². The van der Waals surface area contributed by atoms with Gasteiger partial charge in [-0.05, 0) is 18.2 Å². The number of nitrogen functional groups attached to an aromatic ring is 1. The molecule has 3 rings (SSSR count). The van der Waals surface area contributed by atoms with E-state index in [0.717, 1.165) is 27.0 Å². The first-order valence-electron chi connectivity index (χ1n) is 6.05. The Bertz CT molecular complexity index is 826. The van der Waals surface area contributed by atoms with Crippen LogP contribution >= 0.6 is 11.3 Å². The van der Waals surface area contributed by atoms with Gasteiger partial charge in [-0.1, -0.05) is 17.9 Å². The fourth-order valence-electron chi connectivity index (χ4n) is 1.88. The number of rotatable bonds is 1. The lowest BCUT2D eigenvalue weighted by Crippen LogP contribution is -1.91. The van der Waals surface area contributed by atoms with Crippen LogP contribution in [0, 0.1) is 11.8 Å². The molecule has 5 heteroatoms. The van der Waals surface area contributed by atoms with E-state index in [9.17, 15) is 0 Å². The summed E-state index contributed by atoms with van der Waals surface area (Å²) in [6, 6.07) is 7.94. The molecule has 0 aliphatic carbocycles. The zero-order valence-corrected chi connectivity index (χ0v) is 11.7. The summed E-state index contributed by atoms with van der Waals surface area (Å²) in [4.78, 5) is 9.08.